The average Bonchev–Trinajstić information content (AvgIpc) is 2.56. The lowest BCUT2D eigenvalue weighted by molar-refractivity contribution is -0.274. The number of anilines is 1. The van der Waals surface area contributed by atoms with Crippen molar-refractivity contribution in [2.24, 2.45) is 0 Å². The Balaban J connectivity index is 1.64. The lowest BCUT2D eigenvalue weighted by Crippen LogP contribution is -2.30. The highest BCUT2D eigenvalue weighted by Gasteiger charge is 2.30. The molecule has 0 aromatic heterocycles. The van der Waals surface area contributed by atoms with Gasteiger partial charge in [0.1, 0.15) is 11.5 Å². The predicted molar refractivity (Wildman–Crippen MR) is 93.9 cm³/mol. The van der Waals surface area contributed by atoms with E-state index in [1.54, 1.807) is 0 Å². The smallest absolute Gasteiger partial charge is 0.494 e. The summed E-state index contributed by atoms with van der Waals surface area (Å²) in [5.74, 6) is 0.527. The van der Waals surface area contributed by atoms with Gasteiger partial charge in [0, 0.05) is 12.2 Å². The summed E-state index contributed by atoms with van der Waals surface area (Å²) >= 11 is 5.13. The van der Waals surface area contributed by atoms with Crippen LogP contribution in [0.15, 0.2) is 54.6 Å². The largest absolute Gasteiger partial charge is 0.573 e. The van der Waals surface area contributed by atoms with Crippen molar-refractivity contribution in [3.05, 3.63) is 54.6 Å². The zero-order chi connectivity index (χ0) is 18.1. The van der Waals surface area contributed by atoms with Crippen LogP contribution in [0.2, 0.25) is 0 Å². The molecule has 0 aliphatic heterocycles. The Bertz CT molecular complexity index is 664. The highest BCUT2D eigenvalue weighted by atomic mass is 32.1. The van der Waals surface area contributed by atoms with Crippen LogP contribution in [0.1, 0.15) is 6.42 Å². The van der Waals surface area contributed by atoms with Gasteiger partial charge in [0.2, 0.25) is 0 Å². The minimum Gasteiger partial charge on any atom is -0.494 e. The van der Waals surface area contributed by atoms with Gasteiger partial charge in [-0.05, 0) is 55.0 Å². The van der Waals surface area contributed by atoms with Gasteiger partial charge in [-0.15, -0.1) is 13.2 Å². The highest BCUT2D eigenvalue weighted by molar-refractivity contribution is 7.80. The van der Waals surface area contributed by atoms with E-state index < -0.39 is 6.36 Å². The van der Waals surface area contributed by atoms with E-state index >= 15 is 0 Å². The van der Waals surface area contributed by atoms with Gasteiger partial charge in [-0.25, -0.2) is 0 Å². The van der Waals surface area contributed by atoms with E-state index in [2.05, 4.69) is 15.4 Å². The first-order valence-electron chi connectivity index (χ1n) is 7.51. The fraction of sp³-hybridized carbons (Fsp3) is 0.235. The van der Waals surface area contributed by atoms with E-state index in [1.165, 1.54) is 24.3 Å². The van der Waals surface area contributed by atoms with Crippen molar-refractivity contribution < 1.29 is 22.6 Å². The number of hydrogen-bond acceptors (Lipinski definition) is 3. The van der Waals surface area contributed by atoms with Crippen LogP contribution in [0.5, 0.6) is 11.5 Å². The molecule has 0 unspecified atom stereocenters. The van der Waals surface area contributed by atoms with E-state index in [9.17, 15) is 13.2 Å². The Morgan fingerprint density at radius 1 is 0.960 bits per heavy atom. The number of nitrogens with one attached hydrogen (secondary N) is 2. The Morgan fingerprint density at radius 2 is 1.64 bits per heavy atom. The summed E-state index contributed by atoms with van der Waals surface area (Å²) in [6.07, 6.45) is -3.96. The molecule has 0 bridgehead atoms. The molecule has 0 aliphatic carbocycles. The van der Waals surface area contributed by atoms with Crippen molar-refractivity contribution in [1.82, 2.24) is 5.32 Å². The van der Waals surface area contributed by atoms with Crippen LogP contribution in [0.3, 0.4) is 0 Å². The molecule has 2 N–H and O–H groups in total. The highest BCUT2D eigenvalue weighted by Crippen LogP contribution is 2.23. The number of ether oxygens (including phenoxy) is 2. The van der Waals surface area contributed by atoms with E-state index in [0.29, 0.717) is 24.0 Å². The average molecular weight is 370 g/mol. The maximum absolute atomic E-state index is 12.1. The molecule has 134 valence electrons. The van der Waals surface area contributed by atoms with E-state index in [0.717, 1.165) is 12.2 Å². The van der Waals surface area contributed by atoms with Crippen molar-refractivity contribution in [1.29, 1.82) is 0 Å². The molecule has 0 spiro atoms. The topological polar surface area (TPSA) is 42.5 Å². The van der Waals surface area contributed by atoms with Crippen molar-refractivity contribution in [2.45, 2.75) is 12.8 Å². The lowest BCUT2D eigenvalue weighted by Gasteiger charge is -2.12. The first-order chi connectivity index (χ1) is 11.9. The molecule has 0 heterocycles. The van der Waals surface area contributed by atoms with Gasteiger partial charge < -0.3 is 20.1 Å². The molecule has 0 saturated carbocycles. The molecule has 8 heteroatoms. The van der Waals surface area contributed by atoms with Crippen LogP contribution in [-0.4, -0.2) is 24.6 Å². The van der Waals surface area contributed by atoms with Crippen LogP contribution in [0.4, 0.5) is 18.9 Å². The Morgan fingerprint density at radius 3 is 2.28 bits per heavy atom. The number of alkyl halides is 3. The zero-order valence-corrected chi connectivity index (χ0v) is 14.0. The number of benzene rings is 2. The molecule has 0 radical (unpaired) electrons. The maximum Gasteiger partial charge on any atom is 0.573 e. The second kappa shape index (κ2) is 9.12. The molecule has 0 fully saturated rings. The minimum absolute atomic E-state index is 0.282. The quantitative estimate of drug-likeness (QED) is 0.561. The number of thiocarbonyl (C=S) groups is 1. The van der Waals surface area contributed by atoms with Gasteiger partial charge in [0.05, 0.1) is 6.61 Å². The van der Waals surface area contributed by atoms with Gasteiger partial charge in [-0.3, -0.25) is 0 Å². The van der Waals surface area contributed by atoms with Gasteiger partial charge in [-0.2, -0.15) is 0 Å². The number of halogens is 3. The number of para-hydroxylation sites is 1. The molecule has 2 aromatic rings. The normalized spacial score (nSPS) is 10.8. The Hall–Kier alpha value is -2.48. The monoisotopic (exact) mass is 370 g/mol. The van der Waals surface area contributed by atoms with Gasteiger partial charge >= 0.3 is 6.36 Å². The molecular formula is C17H17F3N2O2S. The summed E-state index contributed by atoms with van der Waals surface area (Å²) < 4.78 is 45.6. The molecule has 2 aromatic carbocycles. The summed E-state index contributed by atoms with van der Waals surface area (Å²) in [6, 6.07) is 14.8. The summed E-state index contributed by atoms with van der Waals surface area (Å²) in [6.45, 7) is 1.15. The summed E-state index contributed by atoms with van der Waals surface area (Å²) in [7, 11) is 0. The standard InChI is InChI=1S/C17H17F3N2O2S/c18-17(19,20)24-15-9-7-13(8-10-15)22-16(25)21-11-4-12-23-14-5-2-1-3-6-14/h1-3,5-10H,4,11-12H2,(H2,21,22,25). The van der Waals surface area contributed by atoms with Crippen LogP contribution in [0, 0.1) is 0 Å². The molecule has 4 nitrogen and oxygen atoms in total. The maximum atomic E-state index is 12.1. The van der Waals surface area contributed by atoms with Gasteiger partial charge in [-0.1, -0.05) is 18.2 Å². The fourth-order valence-electron chi connectivity index (χ4n) is 1.90. The second-order valence-electron chi connectivity index (χ2n) is 4.97. The first-order valence-corrected chi connectivity index (χ1v) is 7.92. The van der Waals surface area contributed by atoms with Gasteiger partial charge in [0.15, 0.2) is 5.11 Å². The first kappa shape index (κ1) is 18.9. The molecule has 0 saturated heterocycles. The third kappa shape index (κ3) is 7.75. The SMILES string of the molecule is FC(F)(F)Oc1ccc(NC(=S)NCCCOc2ccccc2)cc1. The summed E-state index contributed by atoms with van der Waals surface area (Å²) in [5.41, 5.74) is 0.563. The molecule has 0 amide bonds. The molecule has 0 atom stereocenters. The van der Waals surface area contributed by atoms with Crippen LogP contribution >= 0.6 is 12.2 Å². The van der Waals surface area contributed by atoms with Crippen molar-refractivity contribution in [3.8, 4) is 11.5 Å². The lowest BCUT2D eigenvalue weighted by atomic mass is 10.3. The molecular weight excluding hydrogens is 353 g/mol. The van der Waals surface area contributed by atoms with Crippen LogP contribution in [0.25, 0.3) is 0 Å². The fourth-order valence-corrected chi connectivity index (χ4v) is 2.12. The molecule has 2 rings (SSSR count). The Labute approximate surface area is 148 Å². The summed E-state index contributed by atoms with van der Waals surface area (Å²) in [5, 5.41) is 6.26. The van der Waals surface area contributed by atoms with E-state index in [1.807, 2.05) is 30.3 Å². The minimum atomic E-state index is -4.70. The molecule has 25 heavy (non-hydrogen) atoms. The number of hydrogen-bond donors (Lipinski definition) is 2. The zero-order valence-electron chi connectivity index (χ0n) is 13.2. The van der Waals surface area contributed by atoms with Gasteiger partial charge in [0.25, 0.3) is 0 Å². The summed E-state index contributed by atoms with van der Waals surface area (Å²) in [4.78, 5) is 0. The van der Waals surface area contributed by atoms with Crippen molar-refractivity contribution in [3.63, 3.8) is 0 Å². The predicted octanol–water partition coefficient (Wildman–Crippen LogP) is 4.34. The van der Waals surface area contributed by atoms with E-state index in [-0.39, 0.29) is 5.75 Å². The third-order valence-electron chi connectivity index (χ3n) is 2.96. The third-order valence-corrected chi connectivity index (χ3v) is 3.21. The van der Waals surface area contributed by atoms with Crippen molar-refractivity contribution in [2.75, 3.05) is 18.5 Å². The van der Waals surface area contributed by atoms with Crippen LogP contribution in [-0.2, 0) is 0 Å². The Kier molecular flexibility index (Phi) is 6.88. The van der Waals surface area contributed by atoms with E-state index in [4.69, 9.17) is 17.0 Å². The second-order valence-corrected chi connectivity index (χ2v) is 5.38. The van der Waals surface area contributed by atoms with Crippen LogP contribution < -0.4 is 20.1 Å². The molecule has 0 aliphatic rings. The van der Waals surface area contributed by atoms with Crippen molar-refractivity contribution >= 4 is 23.0 Å². The number of rotatable bonds is 7.